The molecule has 0 aliphatic carbocycles. The van der Waals surface area contributed by atoms with Gasteiger partial charge in [-0.25, -0.2) is 9.97 Å². The van der Waals surface area contributed by atoms with E-state index in [0.717, 1.165) is 38.4 Å². The Morgan fingerprint density at radius 1 is 0.935 bits per heavy atom. The monoisotopic (exact) mass is 425 g/mol. The van der Waals surface area contributed by atoms with Crippen LogP contribution in [0, 0.1) is 20.8 Å². The maximum atomic E-state index is 13.2. The quantitative estimate of drug-likeness (QED) is 0.317. The third-order valence-electron chi connectivity index (χ3n) is 5.26. The van der Waals surface area contributed by atoms with E-state index in [4.69, 9.17) is 4.98 Å². The van der Waals surface area contributed by atoms with Crippen molar-refractivity contribution in [1.82, 2.24) is 14.5 Å². The molecule has 7 heteroatoms. The zero-order valence-corrected chi connectivity index (χ0v) is 18.1. The highest BCUT2D eigenvalue weighted by Gasteiger charge is 2.18. The summed E-state index contributed by atoms with van der Waals surface area (Å²) in [6.45, 7) is 5.91. The maximum Gasteiger partial charge on any atom is 0.275 e. The molecule has 0 radical (unpaired) electrons. The molecule has 0 saturated carbocycles. The molecule has 6 nitrogen and oxygen atoms in total. The number of hydrogen-bond acceptors (Lipinski definition) is 6. The Morgan fingerprint density at radius 2 is 1.68 bits per heavy atom. The maximum absolute atomic E-state index is 13.2. The van der Waals surface area contributed by atoms with E-state index < -0.39 is 0 Å². The molecule has 0 aliphatic rings. The van der Waals surface area contributed by atoms with E-state index in [2.05, 4.69) is 15.2 Å². The molecule has 3 aromatic heterocycles. The molecule has 2 aromatic carbocycles. The third-order valence-corrected chi connectivity index (χ3v) is 6.32. The highest BCUT2D eigenvalue weighted by Crippen LogP contribution is 2.37. The average Bonchev–Trinajstić information content (AvgIpc) is 3.15. The number of benzene rings is 2. The van der Waals surface area contributed by atoms with Gasteiger partial charge in [-0.1, -0.05) is 35.9 Å². The number of rotatable bonds is 3. The minimum Gasteiger partial charge on any atom is -0.267 e. The molecule has 0 aliphatic heterocycles. The highest BCUT2D eigenvalue weighted by molar-refractivity contribution is 7.25. The Bertz CT molecular complexity index is 1520. The lowest BCUT2D eigenvalue weighted by molar-refractivity contribution is 0.966. The lowest BCUT2D eigenvalue weighted by atomic mass is 10.1. The van der Waals surface area contributed by atoms with Crippen LogP contribution in [0.1, 0.15) is 16.8 Å². The average molecular weight is 426 g/mol. The number of nitrogens with zero attached hydrogens (tertiary/aromatic N) is 5. The van der Waals surface area contributed by atoms with Crippen LogP contribution in [0.5, 0.6) is 0 Å². The number of aromatic nitrogens is 3. The molecule has 152 valence electrons. The zero-order chi connectivity index (χ0) is 21.5. The second-order valence-corrected chi connectivity index (χ2v) is 8.42. The van der Waals surface area contributed by atoms with Crippen LogP contribution in [0.3, 0.4) is 0 Å². The van der Waals surface area contributed by atoms with Crippen molar-refractivity contribution in [3.05, 3.63) is 88.1 Å². The summed E-state index contributed by atoms with van der Waals surface area (Å²) in [7, 11) is 0. The molecule has 0 unspecified atom stereocenters. The molecule has 0 amide bonds. The lowest BCUT2D eigenvalue weighted by Gasteiger charge is -2.06. The first-order valence-corrected chi connectivity index (χ1v) is 10.7. The number of fused-ring (bicyclic) bond motifs is 3. The minimum atomic E-state index is -0.0960. The summed E-state index contributed by atoms with van der Waals surface area (Å²) >= 11 is 1.37. The minimum absolute atomic E-state index is 0.0960. The second kappa shape index (κ2) is 7.52. The van der Waals surface area contributed by atoms with Crippen LogP contribution in [-0.4, -0.2) is 14.5 Å². The number of pyridine rings is 1. The predicted octanol–water partition coefficient (Wildman–Crippen LogP) is 6.34. The summed E-state index contributed by atoms with van der Waals surface area (Å²) in [6, 6.07) is 17.4. The van der Waals surface area contributed by atoms with E-state index in [1.807, 2.05) is 75.4 Å². The van der Waals surface area contributed by atoms with E-state index >= 15 is 0 Å². The van der Waals surface area contributed by atoms with Crippen molar-refractivity contribution in [2.75, 3.05) is 0 Å². The van der Waals surface area contributed by atoms with E-state index in [0.29, 0.717) is 15.9 Å². The lowest BCUT2D eigenvalue weighted by Crippen LogP contribution is -2.17. The number of aryl methyl sites for hydroxylation is 3. The van der Waals surface area contributed by atoms with Gasteiger partial charge in [0.15, 0.2) is 0 Å². The van der Waals surface area contributed by atoms with E-state index in [-0.39, 0.29) is 5.56 Å². The fraction of sp³-hybridized carbons (Fsp3) is 0.125. The molecule has 5 rings (SSSR count). The van der Waals surface area contributed by atoms with E-state index in [1.54, 1.807) is 10.9 Å². The topological polar surface area (TPSA) is 72.5 Å². The van der Waals surface area contributed by atoms with Gasteiger partial charge in [0.1, 0.15) is 21.5 Å². The summed E-state index contributed by atoms with van der Waals surface area (Å²) < 4.78 is 2.17. The highest BCUT2D eigenvalue weighted by atomic mass is 32.1. The summed E-state index contributed by atoms with van der Waals surface area (Å²) in [5.74, 6) is 0. The van der Waals surface area contributed by atoms with Gasteiger partial charge < -0.3 is 0 Å². The van der Waals surface area contributed by atoms with Crippen LogP contribution in [0.4, 0.5) is 11.4 Å². The van der Waals surface area contributed by atoms with Crippen molar-refractivity contribution in [2.45, 2.75) is 20.8 Å². The van der Waals surface area contributed by atoms with Gasteiger partial charge in [0, 0.05) is 5.39 Å². The smallest absolute Gasteiger partial charge is 0.267 e. The molecule has 5 aromatic rings. The predicted molar refractivity (Wildman–Crippen MR) is 125 cm³/mol. The Morgan fingerprint density at radius 3 is 2.42 bits per heavy atom. The standard InChI is InChI=1S/C24H19N5OS/c1-14-9-11-18(12-10-14)29-13-25-21-19-15(2)20(28-27-17-7-5-4-6-8-17)16(3)26-23(19)31-22(21)24(29)30/h4-13H,1-3H3. The summed E-state index contributed by atoms with van der Waals surface area (Å²) in [4.78, 5) is 23.4. The normalized spacial score (nSPS) is 11.7. The van der Waals surface area contributed by atoms with Gasteiger partial charge in [-0.05, 0) is 50.6 Å². The Kier molecular flexibility index (Phi) is 4.67. The van der Waals surface area contributed by atoms with E-state index in [1.165, 1.54) is 11.3 Å². The summed E-state index contributed by atoms with van der Waals surface area (Å²) in [6.07, 6.45) is 1.59. The van der Waals surface area contributed by atoms with Crippen molar-refractivity contribution in [1.29, 1.82) is 0 Å². The zero-order valence-electron chi connectivity index (χ0n) is 17.3. The van der Waals surface area contributed by atoms with Gasteiger partial charge in [0.05, 0.1) is 22.6 Å². The van der Waals surface area contributed by atoms with Crippen LogP contribution >= 0.6 is 11.3 Å². The van der Waals surface area contributed by atoms with Crippen molar-refractivity contribution < 1.29 is 0 Å². The van der Waals surface area contributed by atoms with Gasteiger partial charge in [-0.2, -0.15) is 5.11 Å². The first-order chi connectivity index (χ1) is 15.0. The Hall–Kier alpha value is -3.71. The van der Waals surface area contributed by atoms with Crippen LogP contribution in [-0.2, 0) is 0 Å². The van der Waals surface area contributed by atoms with Crippen LogP contribution in [0.2, 0.25) is 0 Å². The molecule has 0 atom stereocenters. The van der Waals surface area contributed by atoms with Crippen molar-refractivity contribution in [3.8, 4) is 5.69 Å². The first kappa shape index (κ1) is 19.3. The van der Waals surface area contributed by atoms with Crippen molar-refractivity contribution in [2.24, 2.45) is 10.2 Å². The third kappa shape index (κ3) is 3.33. The SMILES string of the molecule is Cc1ccc(-n2cnc3c(sc4nc(C)c(N=Nc5ccccc5)c(C)c43)c2=O)cc1. The number of azo groups is 1. The molecule has 0 saturated heterocycles. The van der Waals surface area contributed by atoms with Gasteiger partial charge >= 0.3 is 0 Å². The fourth-order valence-corrected chi connectivity index (χ4v) is 4.77. The van der Waals surface area contributed by atoms with Gasteiger partial charge in [-0.3, -0.25) is 9.36 Å². The Labute approximate surface area is 182 Å². The molecule has 0 N–H and O–H groups in total. The molecular formula is C24H19N5OS. The first-order valence-electron chi connectivity index (χ1n) is 9.88. The molecule has 0 bridgehead atoms. The fourth-order valence-electron chi connectivity index (χ4n) is 3.61. The van der Waals surface area contributed by atoms with Crippen molar-refractivity contribution in [3.63, 3.8) is 0 Å². The summed E-state index contributed by atoms with van der Waals surface area (Å²) in [5.41, 5.74) is 5.68. The van der Waals surface area contributed by atoms with Crippen molar-refractivity contribution >= 4 is 43.1 Å². The molecular weight excluding hydrogens is 406 g/mol. The number of hydrogen-bond donors (Lipinski definition) is 0. The van der Waals surface area contributed by atoms with Gasteiger partial charge in [0.25, 0.3) is 5.56 Å². The summed E-state index contributed by atoms with van der Waals surface area (Å²) in [5, 5.41) is 9.68. The second-order valence-electron chi connectivity index (χ2n) is 7.42. The molecule has 3 heterocycles. The van der Waals surface area contributed by atoms with E-state index in [9.17, 15) is 4.79 Å². The van der Waals surface area contributed by atoms with Crippen LogP contribution < -0.4 is 5.56 Å². The largest absolute Gasteiger partial charge is 0.275 e. The number of thiophene rings is 1. The van der Waals surface area contributed by atoms with Crippen LogP contribution in [0.25, 0.3) is 26.1 Å². The molecule has 0 fully saturated rings. The van der Waals surface area contributed by atoms with Gasteiger partial charge in [-0.15, -0.1) is 16.5 Å². The molecule has 0 spiro atoms. The van der Waals surface area contributed by atoms with Gasteiger partial charge in [0.2, 0.25) is 0 Å². The molecule has 31 heavy (non-hydrogen) atoms. The Balaban J connectivity index is 1.69. The van der Waals surface area contributed by atoms with Crippen LogP contribution in [0.15, 0.2) is 75.9 Å².